The maximum Gasteiger partial charge on any atom is 0.0121 e. The number of nitrogens with zero attached hydrogens (tertiary/aromatic N) is 6. The molecular weight excluding hydrogens is 480 g/mol. The highest BCUT2D eigenvalue weighted by molar-refractivity contribution is 4.84. The van der Waals surface area contributed by atoms with Crippen LogP contribution >= 0.6 is 0 Å². The third-order valence-corrected chi connectivity index (χ3v) is 10.2. The molecule has 0 atom stereocenters. The SMILES string of the molecule is CC(C)CCN1CCC(N2CCN(C(C)C)CC2)CC1.CC(C)N1CCC(CN2CCN(C(C)C)CC2)CC1. The Morgan fingerprint density at radius 1 is 0.487 bits per heavy atom. The van der Waals surface area contributed by atoms with Crippen molar-refractivity contribution in [2.45, 2.75) is 112 Å². The van der Waals surface area contributed by atoms with Crippen molar-refractivity contribution in [2.24, 2.45) is 11.8 Å². The van der Waals surface area contributed by atoms with Crippen LogP contribution in [0.25, 0.3) is 0 Å². The Morgan fingerprint density at radius 2 is 0.949 bits per heavy atom. The van der Waals surface area contributed by atoms with Gasteiger partial charge in [0.2, 0.25) is 0 Å². The minimum absolute atomic E-state index is 0.718. The monoisotopic (exact) mass is 549 g/mol. The Morgan fingerprint density at radius 3 is 1.41 bits per heavy atom. The van der Waals surface area contributed by atoms with E-state index < -0.39 is 0 Å². The first-order valence-electron chi connectivity index (χ1n) is 17.0. The molecule has 230 valence electrons. The van der Waals surface area contributed by atoms with E-state index in [-0.39, 0.29) is 0 Å². The fourth-order valence-electron chi connectivity index (χ4n) is 7.05. The molecule has 4 aliphatic rings. The van der Waals surface area contributed by atoms with Crippen molar-refractivity contribution >= 4 is 0 Å². The molecule has 4 saturated heterocycles. The first kappa shape index (κ1) is 33.3. The molecule has 4 aliphatic heterocycles. The predicted molar refractivity (Wildman–Crippen MR) is 170 cm³/mol. The molecule has 0 aromatic carbocycles. The highest BCUT2D eigenvalue weighted by atomic mass is 15.3. The molecule has 0 saturated carbocycles. The van der Waals surface area contributed by atoms with Crippen LogP contribution in [-0.2, 0) is 0 Å². The number of rotatable bonds is 9. The van der Waals surface area contributed by atoms with E-state index in [1.807, 2.05) is 0 Å². The van der Waals surface area contributed by atoms with Gasteiger partial charge in [0.25, 0.3) is 0 Å². The molecule has 0 bridgehead atoms. The third kappa shape index (κ3) is 11.5. The Balaban J connectivity index is 0.000000216. The number of hydrogen-bond acceptors (Lipinski definition) is 6. The number of piperazine rings is 2. The third-order valence-electron chi connectivity index (χ3n) is 10.2. The first-order valence-corrected chi connectivity index (χ1v) is 17.0. The van der Waals surface area contributed by atoms with Crippen LogP contribution in [0.4, 0.5) is 0 Å². The summed E-state index contributed by atoms with van der Waals surface area (Å²) >= 11 is 0. The maximum absolute atomic E-state index is 2.76. The average molecular weight is 549 g/mol. The fourth-order valence-corrected chi connectivity index (χ4v) is 7.05. The maximum atomic E-state index is 2.76. The highest BCUT2D eigenvalue weighted by Crippen LogP contribution is 2.21. The second kappa shape index (κ2) is 17.0. The van der Waals surface area contributed by atoms with Crippen LogP contribution in [0.2, 0.25) is 0 Å². The standard InChI is InChI=1S/C17H35N3.C16H33N3/c1-15(2)5-8-18-9-6-17(7-10-18)20-13-11-19(12-14-20)16(3)4;1-14(2)18-7-5-16(6-8-18)13-17-9-11-19(12-10-17)15(3)4/h15-17H,5-14H2,1-4H3;14-16H,5-13H2,1-4H3. The van der Waals surface area contributed by atoms with E-state index in [0.29, 0.717) is 0 Å². The van der Waals surface area contributed by atoms with Gasteiger partial charge in [-0.05, 0) is 118 Å². The summed E-state index contributed by atoms with van der Waals surface area (Å²) in [7, 11) is 0. The van der Waals surface area contributed by atoms with Gasteiger partial charge >= 0.3 is 0 Å². The molecule has 0 spiro atoms. The van der Waals surface area contributed by atoms with Gasteiger partial charge in [-0.1, -0.05) is 13.8 Å². The number of hydrogen-bond donors (Lipinski definition) is 0. The van der Waals surface area contributed by atoms with Gasteiger partial charge in [-0.3, -0.25) is 14.7 Å². The normalized spacial score (nSPS) is 25.2. The van der Waals surface area contributed by atoms with Crippen LogP contribution in [0.1, 0.15) is 87.5 Å². The van der Waals surface area contributed by atoms with Gasteiger partial charge in [-0.25, -0.2) is 0 Å². The minimum atomic E-state index is 0.718. The van der Waals surface area contributed by atoms with E-state index in [2.05, 4.69) is 84.8 Å². The number of piperidine rings is 2. The average Bonchev–Trinajstić information content (AvgIpc) is 2.93. The zero-order valence-electron chi connectivity index (χ0n) is 27.6. The summed E-state index contributed by atoms with van der Waals surface area (Å²) in [5, 5.41) is 0. The molecule has 0 amide bonds. The lowest BCUT2D eigenvalue weighted by molar-refractivity contribution is 0.0478. The van der Waals surface area contributed by atoms with Crippen LogP contribution < -0.4 is 0 Å². The molecule has 0 N–H and O–H groups in total. The molecular formula is C33H68N6. The van der Waals surface area contributed by atoms with E-state index in [4.69, 9.17) is 0 Å². The predicted octanol–water partition coefficient (Wildman–Crippen LogP) is 4.66. The van der Waals surface area contributed by atoms with Crippen molar-refractivity contribution < 1.29 is 0 Å². The van der Waals surface area contributed by atoms with E-state index >= 15 is 0 Å². The molecule has 39 heavy (non-hydrogen) atoms. The molecule has 4 rings (SSSR count). The molecule has 0 aromatic heterocycles. The van der Waals surface area contributed by atoms with Crippen molar-refractivity contribution in [3.63, 3.8) is 0 Å². The summed E-state index contributed by atoms with van der Waals surface area (Å²) in [4.78, 5) is 16.0. The molecule has 0 aromatic rings. The molecule has 0 aliphatic carbocycles. The largest absolute Gasteiger partial charge is 0.303 e. The lowest BCUT2D eigenvalue weighted by atomic mass is 9.95. The topological polar surface area (TPSA) is 19.4 Å². The minimum Gasteiger partial charge on any atom is -0.303 e. The summed E-state index contributed by atoms with van der Waals surface area (Å²) in [6.07, 6.45) is 6.95. The van der Waals surface area contributed by atoms with Gasteiger partial charge in [0, 0.05) is 83.1 Å². The fraction of sp³-hybridized carbons (Fsp3) is 1.00. The summed E-state index contributed by atoms with van der Waals surface area (Å²) in [5.74, 6) is 1.79. The van der Waals surface area contributed by atoms with Gasteiger partial charge in [0.15, 0.2) is 0 Å². The summed E-state index contributed by atoms with van der Waals surface area (Å²) in [5.41, 5.74) is 0. The molecule has 6 nitrogen and oxygen atoms in total. The summed E-state index contributed by atoms with van der Waals surface area (Å²) in [6, 6.07) is 3.03. The van der Waals surface area contributed by atoms with Gasteiger partial charge in [-0.15, -0.1) is 0 Å². The van der Waals surface area contributed by atoms with Crippen molar-refractivity contribution in [1.82, 2.24) is 29.4 Å². The van der Waals surface area contributed by atoms with Crippen molar-refractivity contribution in [3.05, 3.63) is 0 Å². The Kier molecular flexibility index (Phi) is 14.5. The van der Waals surface area contributed by atoms with Gasteiger partial charge in [0.05, 0.1) is 0 Å². The smallest absolute Gasteiger partial charge is 0.0121 e. The quantitative estimate of drug-likeness (QED) is 0.415. The zero-order chi connectivity index (χ0) is 28.4. The Bertz CT molecular complexity index is 594. The molecule has 0 unspecified atom stereocenters. The summed E-state index contributed by atoms with van der Waals surface area (Å²) < 4.78 is 0. The Hall–Kier alpha value is -0.240. The molecule has 0 radical (unpaired) electrons. The first-order chi connectivity index (χ1) is 18.6. The highest BCUT2D eigenvalue weighted by Gasteiger charge is 2.28. The zero-order valence-corrected chi connectivity index (χ0v) is 27.6. The molecule has 4 heterocycles. The van der Waals surface area contributed by atoms with E-state index in [1.165, 1.54) is 124 Å². The van der Waals surface area contributed by atoms with Crippen molar-refractivity contribution in [3.8, 4) is 0 Å². The summed E-state index contributed by atoms with van der Waals surface area (Å²) in [6.45, 7) is 36.7. The Labute approximate surface area is 244 Å². The number of likely N-dealkylation sites (tertiary alicyclic amines) is 2. The van der Waals surface area contributed by atoms with Crippen LogP contribution in [0.5, 0.6) is 0 Å². The van der Waals surface area contributed by atoms with E-state index in [0.717, 1.165) is 36.0 Å². The molecule has 4 fully saturated rings. The second-order valence-electron chi connectivity index (χ2n) is 14.4. The van der Waals surface area contributed by atoms with E-state index in [9.17, 15) is 0 Å². The van der Waals surface area contributed by atoms with Gasteiger partial charge < -0.3 is 14.7 Å². The lowest BCUT2D eigenvalue weighted by Gasteiger charge is -2.43. The van der Waals surface area contributed by atoms with Crippen LogP contribution in [-0.4, -0.2) is 145 Å². The molecule has 6 heteroatoms. The van der Waals surface area contributed by atoms with Crippen LogP contribution in [0.3, 0.4) is 0 Å². The lowest BCUT2D eigenvalue weighted by Crippen LogP contribution is -2.54. The van der Waals surface area contributed by atoms with Crippen LogP contribution in [0, 0.1) is 11.8 Å². The second-order valence-corrected chi connectivity index (χ2v) is 14.4. The van der Waals surface area contributed by atoms with Gasteiger partial charge in [-0.2, -0.15) is 0 Å². The van der Waals surface area contributed by atoms with E-state index in [1.54, 1.807) is 0 Å². The van der Waals surface area contributed by atoms with Crippen molar-refractivity contribution in [2.75, 3.05) is 91.6 Å². The van der Waals surface area contributed by atoms with Crippen molar-refractivity contribution in [1.29, 1.82) is 0 Å². The van der Waals surface area contributed by atoms with Crippen LogP contribution in [0.15, 0.2) is 0 Å². The van der Waals surface area contributed by atoms with Gasteiger partial charge in [0.1, 0.15) is 0 Å².